The zero-order valence-electron chi connectivity index (χ0n) is 20.3. The van der Waals surface area contributed by atoms with Gasteiger partial charge in [-0.3, -0.25) is 4.90 Å². The van der Waals surface area contributed by atoms with Gasteiger partial charge in [0.1, 0.15) is 6.04 Å². The second-order valence-corrected chi connectivity index (χ2v) is 8.68. The van der Waals surface area contributed by atoms with Crippen molar-refractivity contribution >= 4 is 34.7 Å². The van der Waals surface area contributed by atoms with Crippen molar-refractivity contribution in [3.8, 4) is 0 Å². The Bertz CT molecular complexity index is 1160. The smallest absolute Gasteiger partial charge is 0.327 e. The number of rotatable bonds is 9. The number of nitrogens with one attached hydrogen (secondary N) is 1. The number of hydrogen-bond donors (Lipinski definition) is 3. The number of hydrogen-bond acceptors (Lipinski definition) is 3. The minimum atomic E-state index is -0.766. The zero-order valence-corrected chi connectivity index (χ0v) is 21.0. The average Bonchev–Trinajstić information content (AvgIpc) is 2.84. The highest BCUT2D eigenvalue weighted by Gasteiger charge is 2.33. The minimum absolute atomic E-state index is 0.148. The first-order valence-electron chi connectivity index (χ1n) is 11.8. The van der Waals surface area contributed by atoms with Crippen molar-refractivity contribution in [1.82, 2.24) is 0 Å². The van der Waals surface area contributed by atoms with Gasteiger partial charge in [-0.05, 0) is 59.7 Å². The van der Waals surface area contributed by atoms with Gasteiger partial charge in [0.2, 0.25) is 4.92 Å². The minimum Gasteiger partial charge on any atom is -0.398 e. The van der Waals surface area contributed by atoms with E-state index in [1.807, 2.05) is 68.4 Å². The topological polar surface area (TPSA) is 98.7 Å². The summed E-state index contributed by atoms with van der Waals surface area (Å²) in [5.41, 5.74) is 11.3. The summed E-state index contributed by atoms with van der Waals surface area (Å²) in [5.74, 6) is 0. The highest BCUT2D eigenvalue weighted by molar-refractivity contribution is 6.32. The van der Waals surface area contributed by atoms with Crippen molar-refractivity contribution in [1.29, 1.82) is 0 Å². The lowest BCUT2D eigenvalue weighted by Gasteiger charge is -2.30. The van der Waals surface area contributed by atoms with Crippen LogP contribution in [0.5, 0.6) is 0 Å². The molecule has 7 nitrogen and oxygen atoms in total. The maximum atomic E-state index is 14.0. The van der Waals surface area contributed by atoms with Crippen molar-refractivity contribution in [2.24, 2.45) is 0 Å². The third-order valence-electron chi connectivity index (χ3n) is 6.13. The molecule has 0 spiro atoms. The molecule has 0 radical (unpaired) electrons. The van der Waals surface area contributed by atoms with Crippen LogP contribution in [0.3, 0.4) is 0 Å². The van der Waals surface area contributed by atoms with Crippen LogP contribution in [0.15, 0.2) is 60.7 Å². The van der Waals surface area contributed by atoms with Gasteiger partial charge in [0.05, 0.1) is 10.6 Å². The number of anilines is 3. The lowest BCUT2D eigenvalue weighted by Crippen LogP contribution is -2.41. The second kappa shape index (κ2) is 11.7. The predicted molar refractivity (Wildman–Crippen MR) is 141 cm³/mol. The first kappa shape index (κ1) is 26.0. The molecule has 0 aromatic heterocycles. The highest BCUT2D eigenvalue weighted by atomic mass is 35.5. The summed E-state index contributed by atoms with van der Waals surface area (Å²) >= 11 is 6.48. The molecule has 1 unspecified atom stereocenters. The molecule has 8 heteroatoms. The lowest BCUT2D eigenvalue weighted by atomic mass is 10.0. The Kier molecular flexibility index (Phi) is 8.71. The van der Waals surface area contributed by atoms with Crippen LogP contribution in [0.2, 0.25) is 5.02 Å². The Morgan fingerprint density at radius 1 is 1.03 bits per heavy atom. The van der Waals surface area contributed by atoms with E-state index < -0.39 is 12.1 Å². The molecular formula is C27H32ClN4O3+. The van der Waals surface area contributed by atoms with Gasteiger partial charge in [0.25, 0.3) is 6.54 Å². The molecule has 0 bridgehead atoms. The monoisotopic (exact) mass is 495 g/mol. The molecule has 0 aliphatic rings. The lowest BCUT2D eigenvalue weighted by molar-refractivity contribution is -0.792. The van der Waals surface area contributed by atoms with Gasteiger partial charge < -0.3 is 11.1 Å². The fourth-order valence-corrected chi connectivity index (χ4v) is 4.64. The van der Waals surface area contributed by atoms with E-state index in [4.69, 9.17) is 17.3 Å². The fraction of sp³-hybridized carbons (Fsp3) is 0.296. The molecule has 1 atom stereocenters. The van der Waals surface area contributed by atoms with Crippen LogP contribution in [-0.2, 0) is 19.3 Å². The Morgan fingerprint density at radius 2 is 1.66 bits per heavy atom. The van der Waals surface area contributed by atoms with E-state index >= 15 is 0 Å². The number of halogens is 1. The molecule has 0 heterocycles. The van der Waals surface area contributed by atoms with Gasteiger partial charge in [-0.15, -0.1) is 0 Å². The Morgan fingerprint density at radius 3 is 2.20 bits per heavy atom. The SMILES string of the molecule is CCc1ccc(N(C(=O)Nc2c(CC)c(N)cc(Cl)c2CC)C(C[N+](=O)O)c2ccccc2)cc1. The van der Waals surface area contributed by atoms with Crippen molar-refractivity contribution < 1.29 is 14.9 Å². The number of benzene rings is 3. The molecule has 3 aromatic carbocycles. The third-order valence-corrected chi connectivity index (χ3v) is 6.47. The highest BCUT2D eigenvalue weighted by Crippen LogP contribution is 2.36. The summed E-state index contributed by atoms with van der Waals surface area (Å²) < 4.78 is 0. The molecule has 0 aliphatic heterocycles. The van der Waals surface area contributed by atoms with E-state index in [9.17, 15) is 14.9 Å². The Balaban J connectivity index is 2.15. The summed E-state index contributed by atoms with van der Waals surface area (Å²) in [7, 11) is 0. The summed E-state index contributed by atoms with van der Waals surface area (Å²) in [4.78, 5) is 27.1. The molecule has 3 rings (SSSR count). The third kappa shape index (κ3) is 5.92. The fourth-order valence-electron chi connectivity index (χ4n) is 4.29. The van der Waals surface area contributed by atoms with Crippen molar-refractivity contribution in [2.45, 2.75) is 46.1 Å². The number of nitrogens with zero attached hydrogens (tertiary/aromatic N) is 2. The number of amides is 2. The molecule has 35 heavy (non-hydrogen) atoms. The molecule has 0 fully saturated rings. The van der Waals surface area contributed by atoms with Crippen LogP contribution in [-0.4, -0.2) is 22.7 Å². The molecule has 184 valence electrons. The Labute approximate surface area is 211 Å². The van der Waals surface area contributed by atoms with Crippen LogP contribution < -0.4 is 16.0 Å². The van der Waals surface area contributed by atoms with Crippen LogP contribution in [0.25, 0.3) is 0 Å². The standard InChI is InChI=1S/C27H31ClN4O3/c1-4-18-12-14-20(15-13-18)32(25(17-31(34)35)19-10-8-7-9-11-19)27(33)30-26-21(5-2)23(28)16-24(29)22(26)6-3/h7-16,25H,4-6,17,29H2,1-3H3,(H-,30,33,34,35)/p+1. The predicted octanol–water partition coefficient (Wildman–Crippen LogP) is 6.56. The van der Waals surface area contributed by atoms with Gasteiger partial charge in [-0.25, -0.2) is 10.0 Å². The summed E-state index contributed by atoms with van der Waals surface area (Å²) in [6, 6.07) is 17.2. The molecule has 3 aromatic rings. The number of urea groups is 1. The number of nitrogen functional groups attached to an aromatic ring is 1. The van der Waals surface area contributed by atoms with Gasteiger partial charge in [-0.2, -0.15) is 0 Å². The number of carbonyl (C=O) groups is 1. The van der Waals surface area contributed by atoms with Crippen molar-refractivity contribution in [3.63, 3.8) is 0 Å². The van der Waals surface area contributed by atoms with Crippen LogP contribution in [0, 0.1) is 4.91 Å². The summed E-state index contributed by atoms with van der Waals surface area (Å²) in [6.45, 7) is 5.63. The largest absolute Gasteiger partial charge is 0.398 e. The first-order valence-corrected chi connectivity index (χ1v) is 12.2. The van der Waals surface area contributed by atoms with E-state index in [2.05, 4.69) is 12.2 Å². The zero-order chi connectivity index (χ0) is 25.5. The van der Waals surface area contributed by atoms with Gasteiger partial charge >= 0.3 is 6.03 Å². The molecule has 0 saturated carbocycles. The van der Waals surface area contributed by atoms with E-state index in [1.54, 1.807) is 6.07 Å². The van der Waals surface area contributed by atoms with E-state index in [1.165, 1.54) is 4.90 Å². The van der Waals surface area contributed by atoms with E-state index in [0.29, 0.717) is 40.5 Å². The molecule has 0 aliphatic carbocycles. The molecule has 4 N–H and O–H groups in total. The van der Waals surface area contributed by atoms with Crippen LogP contribution in [0.1, 0.15) is 49.1 Å². The Hall–Kier alpha value is -3.58. The van der Waals surface area contributed by atoms with Crippen molar-refractivity contribution in [2.75, 3.05) is 22.5 Å². The molecule has 2 amide bonds. The normalized spacial score (nSPS) is 11.7. The van der Waals surface area contributed by atoms with Crippen molar-refractivity contribution in [3.05, 3.63) is 92.8 Å². The maximum absolute atomic E-state index is 14.0. The van der Waals surface area contributed by atoms with Crippen LogP contribution in [0.4, 0.5) is 21.9 Å². The number of carbonyl (C=O) groups excluding carboxylic acids is 1. The van der Waals surface area contributed by atoms with E-state index in [-0.39, 0.29) is 11.5 Å². The maximum Gasteiger partial charge on any atom is 0.327 e. The van der Waals surface area contributed by atoms with E-state index in [0.717, 1.165) is 23.1 Å². The summed E-state index contributed by atoms with van der Waals surface area (Å²) in [6.07, 6.45) is 2.05. The number of aryl methyl sites for hydroxylation is 1. The summed E-state index contributed by atoms with van der Waals surface area (Å²) in [5, 5.41) is 13.2. The van der Waals surface area contributed by atoms with Gasteiger partial charge in [0.15, 0.2) is 0 Å². The van der Waals surface area contributed by atoms with Crippen LogP contribution >= 0.6 is 11.6 Å². The van der Waals surface area contributed by atoms with Gasteiger partial charge in [0, 0.05) is 16.4 Å². The second-order valence-electron chi connectivity index (χ2n) is 8.27. The first-order chi connectivity index (χ1) is 16.8. The quantitative estimate of drug-likeness (QED) is 0.231. The number of nitrogens with two attached hydrogens (primary N) is 1. The molecule has 0 saturated heterocycles. The average molecular weight is 496 g/mol. The van der Waals surface area contributed by atoms with Gasteiger partial charge in [-0.1, -0.05) is 74.8 Å². The molecular weight excluding hydrogens is 464 g/mol.